The Balaban J connectivity index is 0.970. The van der Waals surface area contributed by atoms with Crippen molar-refractivity contribution in [2.45, 2.75) is 0 Å². The summed E-state index contributed by atoms with van der Waals surface area (Å²) in [5.74, 6) is 0. The number of fused-ring (bicyclic) bond motifs is 8. The molecule has 0 N–H and O–H groups in total. The van der Waals surface area contributed by atoms with Crippen molar-refractivity contribution >= 4 is 81.1 Å². The lowest BCUT2D eigenvalue weighted by molar-refractivity contribution is 1.18. The summed E-state index contributed by atoms with van der Waals surface area (Å²) in [6.07, 6.45) is 0. The Morgan fingerprint density at radius 1 is 0.311 bits per heavy atom. The van der Waals surface area contributed by atoms with E-state index in [1.54, 1.807) is 0 Å². The van der Waals surface area contributed by atoms with Gasteiger partial charge in [-0.3, -0.25) is 0 Å². The van der Waals surface area contributed by atoms with Crippen molar-refractivity contribution in [2.24, 2.45) is 0 Å². The highest BCUT2D eigenvalue weighted by molar-refractivity contribution is 7.26. The Labute approximate surface area is 358 Å². The topological polar surface area (TPSA) is 8.17 Å². The molecule has 0 aliphatic carbocycles. The first-order valence-electron chi connectivity index (χ1n) is 20.8. The van der Waals surface area contributed by atoms with Crippen LogP contribution < -0.4 is 4.90 Å². The minimum absolute atomic E-state index is 1.10. The molecule has 0 atom stereocenters. The molecule has 0 saturated heterocycles. The molecule has 12 rings (SSSR count). The van der Waals surface area contributed by atoms with Crippen LogP contribution in [0.15, 0.2) is 231 Å². The van der Waals surface area contributed by atoms with Gasteiger partial charge in [0.05, 0.1) is 11.0 Å². The Kier molecular flexibility index (Phi) is 8.39. The lowest BCUT2D eigenvalue weighted by Crippen LogP contribution is -2.10. The molecule has 0 aliphatic rings. The highest BCUT2D eigenvalue weighted by Crippen LogP contribution is 2.43. The smallest absolute Gasteiger partial charge is 0.0541 e. The Morgan fingerprint density at radius 3 is 1.70 bits per heavy atom. The summed E-state index contributed by atoms with van der Waals surface area (Å²) in [6, 6.07) is 84.1. The van der Waals surface area contributed by atoms with Gasteiger partial charge >= 0.3 is 0 Å². The molecule has 2 aromatic heterocycles. The second-order valence-electron chi connectivity index (χ2n) is 15.7. The summed E-state index contributed by atoms with van der Waals surface area (Å²) >= 11 is 1.88. The third-order valence-corrected chi connectivity index (χ3v) is 13.4. The molecule has 12 aromatic rings. The van der Waals surface area contributed by atoms with Gasteiger partial charge in [0.15, 0.2) is 0 Å². The van der Waals surface area contributed by atoms with E-state index in [4.69, 9.17) is 0 Å². The lowest BCUT2D eigenvalue weighted by Gasteiger charge is -2.26. The van der Waals surface area contributed by atoms with Crippen LogP contribution in [0.3, 0.4) is 0 Å². The van der Waals surface area contributed by atoms with E-state index in [2.05, 4.69) is 240 Å². The predicted octanol–water partition coefficient (Wildman–Crippen LogP) is 16.8. The van der Waals surface area contributed by atoms with E-state index in [-0.39, 0.29) is 0 Å². The van der Waals surface area contributed by atoms with Crippen LogP contribution in [0.2, 0.25) is 0 Å². The maximum atomic E-state index is 2.41. The minimum Gasteiger partial charge on any atom is -0.310 e. The molecule has 0 bridgehead atoms. The highest BCUT2D eigenvalue weighted by atomic mass is 32.1. The number of rotatable bonds is 7. The number of para-hydroxylation sites is 2. The van der Waals surface area contributed by atoms with Crippen LogP contribution in [0.5, 0.6) is 0 Å². The molecule has 0 radical (unpaired) electrons. The molecule has 0 aliphatic heterocycles. The van der Waals surface area contributed by atoms with Crippen molar-refractivity contribution in [1.29, 1.82) is 0 Å². The molecule has 0 unspecified atom stereocenters. The van der Waals surface area contributed by atoms with Gasteiger partial charge < -0.3 is 9.47 Å². The van der Waals surface area contributed by atoms with E-state index in [1.165, 1.54) is 91.8 Å². The third-order valence-electron chi connectivity index (χ3n) is 12.2. The van der Waals surface area contributed by atoms with Gasteiger partial charge in [-0.2, -0.15) is 0 Å². The first-order chi connectivity index (χ1) is 30.2. The number of aromatic nitrogens is 1. The average molecular weight is 795 g/mol. The first kappa shape index (κ1) is 35.2. The molecule has 2 nitrogen and oxygen atoms in total. The van der Waals surface area contributed by atoms with Crippen molar-refractivity contribution in [3.63, 3.8) is 0 Å². The molecular weight excluding hydrogens is 757 g/mol. The number of anilines is 3. The van der Waals surface area contributed by atoms with Gasteiger partial charge in [-0.1, -0.05) is 152 Å². The molecule has 10 aromatic carbocycles. The van der Waals surface area contributed by atoms with Crippen LogP contribution in [-0.2, 0) is 0 Å². The van der Waals surface area contributed by atoms with Gasteiger partial charge in [-0.25, -0.2) is 0 Å². The minimum atomic E-state index is 1.10. The average Bonchev–Trinajstić information content (AvgIpc) is 3.89. The molecule has 0 fully saturated rings. The van der Waals surface area contributed by atoms with Crippen molar-refractivity contribution in [1.82, 2.24) is 4.57 Å². The van der Waals surface area contributed by atoms with Crippen LogP contribution in [0.4, 0.5) is 17.1 Å². The monoisotopic (exact) mass is 794 g/mol. The number of hydrogen-bond donors (Lipinski definition) is 0. The largest absolute Gasteiger partial charge is 0.310 e. The number of benzene rings is 10. The summed E-state index contributed by atoms with van der Waals surface area (Å²) in [4.78, 5) is 2.41. The Bertz CT molecular complexity index is 3580. The van der Waals surface area contributed by atoms with E-state index in [1.807, 2.05) is 11.3 Å². The molecule has 61 heavy (non-hydrogen) atoms. The maximum Gasteiger partial charge on any atom is 0.0541 e. The zero-order valence-electron chi connectivity index (χ0n) is 33.2. The van der Waals surface area contributed by atoms with Crippen molar-refractivity contribution in [3.05, 3.63) is 231 Å². The van der Waals surface area contributed by atoms with Crippen LogP contribution in [-0.4, -0.2) is 4.57 Å². The number of thiophene rings is 1. The molecule has 286 valence electrons. The van der Waals surface area contributed by atoms with E-state index >= 15 is 0 Å². The van der Waals surface area contributed by atoms with Crippen LogP contribution in [0.25, 0.3) is 91.8 Å². The quantitative estimate of drug-likeness (QED) is 0.156. The summed E-state index contributed by atoms with van der Waals surface area (Å²) in [7, 11) is 0. The Morgan fingerprint density at radius 2 is 0.885 bits per heavy atom. The zero-order chi connectivity index (χ0) is 40.3. The molecule has 0 amide bonds. The fourth-order valence-electron chi connectivity index (χ4n) is 9.22. The van der Waals surface area contributed by atoms with Crippen molar-refractivity contribution < 1.29 is 0 Å². The standard InChI is InChI=1S/C58H38N2S/c1-3-13-39(14-4-1)40-25-30-47(31-26-40)59(49-32-27-41-28-33-52-51-22-8-10-24-57(51)61-58(52)53(41)38-49)48-20-12-17-44(36-48)42-15-11-16-43(35-42)45-29-34-56-54(37-45)50-21-7-9-23-55(50)60(56)46-18-5-2-6-19-46/h1-38H. The van der Waals surface area contributed by atoms with Gasteiger partial charge in [0.1, 0.15) is 0 Å². The zero-order valence-corrected chi connectivity index (χ0v) is 34.1. The van der Waals surface area contributed by atoms with Gasteiger partial charge in [0, 0.05) is 59.1 Å². The van der Waals surface area contributed by atoms with E-state index in [0.29, 0.717) is 0 Å². The summed E-state index contributed by atoms with van der Waals surface area (Å²) in [5.41, 5.74) is 14.1. The fourth-order valence-corrected chi connectivity index (χ4v) is 10.4. The number of nitrogens with zero attached hydrogens (tertiary/aromatic N) is 2. The van der Waals surface area contributed by atoms with Crippen molar-refractivity contribution in [2.75, 3.05) is 4.90 Å². The van der Waals surface area contributed by atoms with Crippen molar-refractivity contribution in [3.8, 4) is 39.1 Å². The maximum absolute atomic E-state index is 2.41. The van der Waals surface area contributed by atoms with Crippen LogP contribution in [0.1, 0.15) is 0 Å². The predicted molar refractivity (Wildman–Crippen MR) is 262 cm³/mol. The fraction of sp³-hybridized carbons (Fsp3) is 0. The van der Waals surface area contributed by atoms with Crippen LogP contribution in [0, 0.1) is 0 Å². The molecule has 0 saturated carbocycles. The van der Waals surface area contributed by atoms with E-state index in [9.17, 15) is 0 Å². The second kappa shape index (κ2) is 14.5. The number of hydrogen-bond acceptors (Lipinski definition) is 2. The summed E-state index contributed by atoms with van der Waals surface area (Å²) < 4.78 is 5.02. The van der Waals surface area contributed by atoms with Gasteiger partial charge in [0.25, 0.3) is 0 Å². The molecule has 0 spiro atoms. The van der Waals surface area contributed by atoms with E-state index in [0.717, 1.165) is 17.1 Å². The van der Waals surface area contributed by atoms with Gasteiger partial charge in [-0.05, 0) is 118 Å². The Hall–Kier alpha value is -7.72. The molecule has 3 heteroatoms. The SMILES string of the molecule is c1ccc(-c2ccc(N(c3cccc(-c4cccc(-c5ccc6c(c5)c5ccccc5n6-c5ccccc5)c4)c3)c3ccc4ccc5c6ccccc6sc5c4c3)cc2)cc1. The molecular formula is C58H38N2S. The van der Waals surface area contributed by atoms with Crippen LogP contribution >= 0.6 is 11.3 Å². The lowest BCUT2D eigenvalue weighted by atomic mass is 9.97. The van der Waals surface area contributed by atoms with Gasteiger partial charge in [0.2, 0.25) is 0 Å². The van der Waals surface area contributed by atoms with E-state index < -0.39 is 0 Å². The summed E-state index contributed by atoms with van der Waals surface area (Å²) in [5, 5.41) is 7.65. The molecule has 2 heterocycles. The highest BCUT2D eigenvalue weighted by Gasteiger charge is 2.18. The van der Waals surface area contributed by atoms with Gasteiger partial charge in [-0.15, -0.1) is 11.3 Å². The normalized spacial score (nSPS) is 11.6. The second-order valence-corrected chi connectivity index (χ2v) is 16.8. The third kappa shape index (κ3) is 6.09. The summed E-state index contributed by atoms with van der Waals surface area (Å²) in [6.45, 7) is 0. The first-order valence-corrected chi connectivity index (χ1v) is 21.6.